The second-order valence-electron chi connectivity index (χ2n) is 5.83. The van der Waals surface area contributed by atoms with Gasteiger partial charge in [0.05, 0.1) is 11.4 Å². The SMILES string of the molecule is O=S1(=O)CCNc2cc(-c3cc(Cl)ccc3C3CC3)cnc21. The summed E-state index contributed by atoms with van der Waals surface area (Å²) in [6.07, 6.45) is 4.03. The summed E-state index contributed by atoms with van der Waals surface area (Å²) in [6.45, 7) is 0.422. The fraction of sp³-hybridized carbons (Fsp3) is 0.312. The summed E-state index contributed by atoms with van der Waals surface area (Å²) in [5.41, 5.74) is 3.82. The van der Waals surface area contributed by atoms with Gasteiger partial charge in [0.25, 0.3) is 0 Å². The molecule has 0 atom stereocenters. The Balaban J connectivity index is 1.86. The number of hydrogen-bond donors (Lipinski definition) is 1. The molecule has 1 saturated carbocycles. The molecule has 0 spiro atoms. The molecule has 1 fully saturated rings. The van der Waals surface area contributed by atoms with Crippen LogP contribution in [0.2, 0.25) is 5.02 Å². The molecule has 114 valence electrons. The van der Waals surface area contributed by atoms with Crippen molar-refractivity contribution in [2.45, 2.75) is 23.8 Å². The molecule has 6 heteroatoms. The van der Waals surface area contributed by atoms with E-state index in [-0.39, 0.29) is 10.8 Å². The largest absolute Gasteiger partial charge is 0.382 e. The van der Waals surface area contributed by atoms with E-state index in [1.54, 1.807) is 6.20 Å². The summed E-state index contributed by atoms with van der Waals surface area (Å²) < 4.78 is 24.1. The standard InChI is InChI=1S/C16H15ClN2O2S/c17-12-3-4-13(10-1-2-10)14(8-12)11-7-15-16(19-9-11)22(20,21)6-5-18-15/h3-4,7-10,18H,1-2,5-6H2. The van der Waals surface area contributed by atoms with Crippen molar-refractivity contribution in [3.63, 3.8) is 0 Å². The lowest BCUT2D eigenvalue weighted by Crippen LogP contribution is -2.24. The fourth-order valence-corrected chi connectivity index (χ4v) is 4.34. The van der Waals surface area contributed by atoms with Gasteiger partial charge < -0.3 is 5.32 Å². The minimum atomic E-state index is -3.26. The number of fused-ring (bicyclic) bond motifs is 1. The Morgan fingerprint density at radius 1 is 1.23 bits per heavy atom. The molecule has 2 aliphatic rings. The molecule has 0 saturated heterocycles. The van der Waals surface area contributed by atoms with E-state index in [1.807, 2.05) is 18.2 Å². The number of hydrogen-bond acceptors (Lipinski definition) is 4. The number of pyridine rings is 1. The zero-order valence-corrected chi connectivity index (χ0v) is 13.4. The normalized spacial score (nSPS) is 19.3. The Labute approximate surface area is 134 Å². The van der Waals surface area contributed by atoms with Gasteiger partial charge in [0.2, 0.25) is 0 Å². The second kappa shape index (κ2) is 4.96. The highest BCUT2D eigenvalue weighted by Gasteiger charge is 2.28. The summed E-state index contributed by atoms with van der Waals surface area (Å²) in [6, 6.07) is 7.79. The molecule has 1 aromatic heterocycles. The lowest BCUT2D eigenvalue weighted by Gasteiger charge is -2.19. The van der Waals surface area contributed by atoms with E-state index in [0.717, 1.165) is 11.1 Å². The molecule has 1 aliphatic heterocycles. The number of halogens is 1. The quantitative estimate of drug-likeness (QED) is 0.913. The number of nitrogens with one attached hydrogen (secondary N) is 1. The molecule has 0 unspecified atom stereocenters. The third kappa shape index (κ3) is 2.38. The van der Waals surface area contributed by atoms with E-state index >= 15 is 0 Å². The predicted octanol–water partition coefficient (Wildman–Crippen LogP) is 3.48. The van der Waals surface area contributed by atoms with Gasteiger partial charge >= 0.3 is 0 Å². The van der Waals surface area contributed by atoms with E-state index in [4.69, 9.17) is 11.6 Å². The smallest absolute Gasteiger partial charge is 0.199 e. The van der Waals surface area contributed by atoms with Gasteiger partial charge in [-0.15, -0.1) is 0 Å². The van der Waals surface area contributed by atoms with Gasteiger partial charge in [-0.05, 0) is 48.1 Å². The van der Waals surface area contributed by atoms with E-state index in [2.05, 4.69) is 16.4 Å². The van der Waals surface area contributed by atoms with Crippen molar-refractivity contribution in [3.05, 3.63) is 41.0 Å². The van der Waals surface area contributed by atoms with Crippen molar-refractivity contribution in [2.75, 3.05) is 17.6 Å². The molecule has 4 nitrogen and oxygen atoms in total. The van der Waals surface area contributed by atoms with Crippen LogP contribution in [0.5, 0.6) is 0 Å². The first-order valence-electron chi connectivity index (χ1n) is 7.31. The molecule has 0 amide bonds. The zero-order chi connectivity index (χ0) is 15.3. The first-order chi connectivity index (χ1) is 10.5. The number of aromatic nitrogens is 1. The molecule has 1 aromatic carbocycles. The average molecular weight is 335 g/mol. The lowest BCUT2D eigenvalue weighted by atomic mass is 9.97. The fourth-order valence-electron chi connectivity index (χ4n) is 2.92. The summed E-state index contributed by atoms with van der Waals surface area (Å²) in [5, 5.41) is 3.96. The van der Waals surface area contributed by atoms with E-state index in [0.29, 0.717) is 23.2 Å². The van der Waals surface area contributed by atoms with Gasteiger partial charge in [-0.25, -0.2) is 13.4 Å². The first-order valence-corrected chi connectivity index (χ1v) is 9.34. The summed E-state index contributed by atoms with van der Waals surface area (Å²) in [5.74, 6) is 0.677. The molecular formula is C16H15ClN2O2S. The van der Waals surface area contributed by atoms with Gasteiger partial charge in [-0.3, -0.25) is 0 Å². The van der Waals surface area contributed by atoms with Crippen LogP contribution in [0.3, 0.4) is 0 Å². The van der Waals surface area contributed by atoms with Crippen LogP contribution >= 0.6 is 11.6 Å². The minimum absolute atomic E-state index is 0.0941. The van der Waals surface area contributed by atoms with Gasteiger partial charge in [0.1, 0.15) is 0 Å². The van der Waals surface area contributed by atoms with Crippen LogP contribution in [0.4, 0.5) is 5.69 Å². The highest BCUT2D eigenvalue weighted by molar-refractivity contribution is 7.91. The highest BCUT2D eigenvalue weighted by Crippen LogP contribution is 2.45. The Hall–Kier alpha value is -1.59. The molecule has 1 N–H and O–H groups in total. The topological polar surface area (TPSA) is 59.1 Å². The van der Waals surface area contributed by atoms with Gasteiger partial charge in [0.15, 0.2) is 14.9 Å². The lowest BCUT2D eigenvalue weighted by molar-refractivity contribution is 0.591. The van der Waals surface area contributed by atoms with E-state index in [9.17, 15) is 8.42 Å². The Kier molecular flexibility index (Phi) is 3.16. The predicted molar refractivity (Wildman–Crippen MR) is 87.2 cm³/mol. The molecule has 0 radical (unpaired) electrons. The molecule has 0 bridgehead atoms. The van der Waals surface area contributed by atoms with Crippen LogP contribution < -0.4 is 5.32 Å². The monoisotopic (exact) mass is 334 g/mol. The Morgan fingerprint density at radius 2 is 2.05 bits per heavy atom. The maximum Gasteiger partial charge on any atom is 0.199 e. The Bertz CT molecular complexity index is 860. The van der Waals surface area contributed by atoms with Crippen LogP contribution in [0, 0.1) is 0 Å². The summed E-state index contributed by atoms with van der Waals surface area (Å²) in [4.78, 5) is 4.21. The zero-order valence-electron chi connectivity index (χ0n) is 11.8. The van der Waals surface area contributed by atoms with Crippen molar-refractivity contribution < 1.29 is 8.42 Å². The van der Waals surface area contributed by atoms with Crippen molar-refractivity contribution in [1.82, 2.24) is 4.98 Å². The third-order valence-corrected chi connectivity index (χ3v) is 6.07. The molecule has 2 heterocycles. The summed E-state index contributed by atoms with van der Waals surface area (Å²) in [7, 11) is -3.26. The van der Waals surface area contributed by atoms with E-state index < -0.39 is 9.84 Å². The molecule has 4 rings (SSSR count). The van der Waals surface area contributed by atoms with E-state index in [1.165, 1.54) is 18.4 Å². The van der Waals surface area contributed by atoms with Crippen molar-refractivity contribution in [1.29, 1.82) is 0 Å². The van der Waals surface area contributed by atoms with Gasteiger partial charge in [-0.1, -0.05) is 17.7 Å². The maximum atomic E-state index is 12.0. The van der Waals surface area contributed by atoms with Crippen LogP contribution in [0.25, 0.3) is 11.1 Å². The molecular weight excluding hydrogens is 320 g/mol. The van der Waals surface area contributed by atoms with Crippen LogP contribution in [-0.4, -0.2) is 25.7 Å². The number of anilines is 1. The highest BCUT2D eigenvalue weighted by atomic mass is 35.5. The first kappa shape index (κ1) is 14.0. The number of sulfone groups is 1. The van der Waals surface area contributed by atoms with Crippen molar-refractivity contribution >= 4 is 27.1 Å². The Morgan fingerprint density at radius 3 is 2.82 bits per heavy atom. The van der Waals surface area contributed by atoms with Gasteiger partial charge in [0, 0.05) is 23.3 Å². The van der Waals surface area contributed by atoms with Crippen LogP contribution in [-0.2, 0) is 9.84 Å². The second-order valence-corrected chi connectivity index (χ2v) is 8.29. The molecule has 1 aliphatic carbocycles. The van der Waals surface area contributed by atoms with Crippen LogP contribution in [0.1, 0.15) is 24.3 Å². The number of benzene rings is 1. The maximum absolute atomic E-state index is 12.0. The molecule has 2 aromatic rings. The van der Waals surface area contributed by atoms with Crippen LogP contribution in [0.15, 0.2) is 35.5 Å². The van der Waals surface area contributed by atoms with Crippen molar-refractivity contribution in [2.24, 2.45) is 0 Å². The average Bonchev–Trinajstić information content (AvgIpc) is 3.31. The minimum Gasteiger partial charge on any atom is -0.382 e. The summed E-state index contributed by atoms with van der Waals surface area (Å²) >= 11 is 6.15. The molecule has 22 heavy (non-hydrogen) atoms. The third-order valence-electron chi connectivity index (χ3n) is 4.18. The van der Waals surface area contributed by atoms with Crippen molar-refractivity contribution in [3.8, 4) is 11.1 Å². The number of rotatable bonds is 2. The van der Waals surface area contributed by atoms with Gasteiger partial charge in [-0.2, -0.15) is 0 Å². The number of nitrogens with zero attached hydrogens (tertiary/aromatic N) is 1.